The SMILES string of the molecule is CN1CCOc2ccccc2CCCCC2(CN(C(=O)C3CCN(C(=O)OC(C)(C)C)CC3)CCO2)C1=O. The molecule has 2 fully saturated rings. The normalized spacial score (nSPS) is 24.2. The van der Waals surface area contributed by atoms with Gasteiger partial charge in [0.25, 0.3) is 5.91 Å². The number of para-hydroxylation sites is 1. The third-order valence-electron chi connectivity index (χ3n) is 7.66. The highest BCUT2D eigenvalue weighted by atomic mass is 16.6. The lowest BCUT2D eigenvalue weighted by Crippen LogP contribution is -2.62. The van der Waals surface area contributed by atoms with Crippen LogP contribution in [0.2, 0.25) is 0 Å². The van der Waals surface area contributed by atoms with E-state index in [2.05, 4.69) is 6.07 Å². The highest BCUT2D eigenvalue weighted by Crippen LogP contribution is 2.31. The maximum Gasteiger partial charge on any atom is 0.410 e. The number of ether oxygens (including phenoxy) is 3. The van der Waals surface area contributed by atoms with E-state index in [-0.39, 0.29) is 30.4 Å². The Hall–Kier alpha value is -2.81. The summed E-state index contributed by atoms with van der Waals surface area (Å²) >= 11 is 0. The molecule has 0 bridgehead atoms. The van der Waals surface area contributed by atoms with Crippen LogP contribution in [0.4, 0.5) is 4.79 Å². The molecule has 210 valence electrons. The summed E-state index contributed by atoms with van der Waals surface area (Å²) in [5.41, 5.74) is -0.414. The number of amides is 3. The van der Waals surface area contributed by atoms with E-state index in [1.165, 1.54) is 5.56 Å². The van der Waals surface area contributed by atoms with Crippen LogP contribution in [-0.2, 0) is 25.5 Å². The Balaban J connectivity index is 1.40. The minimum atomic E-state index is -1.04. The highest BCUT2D eigenvalue weighted by Gasteiger charge is 2.47. The molecule has 0 radical (unpaired) electrons. The summed E-state index contributed by atoms with van der Waals surface area (Å²) in [4.78, 5) is 44.9. The Morgan fingerprint density at radius 3 is 2.47 bits per heavy atom. The van der Waals surface area contributed by atoms with Gasteiger partial charge in [0, 0.05) is 32.6 Å². The fourth-order valence-corrected chi connectivity index (χ4v) is 5.57. The molecule has 0 aliphatic carbocycles. The van der Waals surface area contributed by atoms with Crippen LogP contribution in [0.1, 0.15) is 58.4 Å². The van der Waals surface area contributed by atoms with Gasteiger partial charge in [0.1, 0.15) is 18.0 Å². The molecule has 3 aliphatic rings. The number of carbonyl (C=O) groups is 3. The molecule has 1 unspecified atom stereocenters. The first-order valence-electron chi connectivity index (χ1n) is 13.9. The van der Waals surface area contributed by atoms with Gasteiger partial charge in [-0.3, -0.25) is 9.59 Å². The van der Waals surface area contributed by atoms with Gasteiger partial charge in [-0.2, -0.15) is 0 Å². The second-order valence-electron chi connectivity index (χ2n) is 11.7. The first-order valence-corrected chi connectivity index (χ1v) is 13.9. The van der Waals surface area contributed by atoms with Crippen LogP contribution < -0.4 is 4.74 Å². The van der Waals surface area contributed by atoms with Crippen LogP contribution >= 0.6 is 0 Å². The maximum atomic E-state index is 13.7. The van der Waals surface area contributed by atoms with Crippen LogP contribution in [-0.4, -0.2) is 96.8 Å². The molecule has 38 heavy (non-hydrogen) atoms. The van der Waals surface area contributed by atoms with Gasteiger partial charge in [0.2, 0.25) is 5.91 Å². The van der Waals surface area contributed by atoms with Gasteiger partial charge < -0.3 is 28.9 Å². The summed E-state index contributed by atoms with van der Waals surface area (Å²) in [5.74, 6) is 0.669. The molecule has 0 N–H and O–H groups in total. The van der Waals surface area contributed by atoms with E-state index in [9.17, 15) is 14.4 Å². The number of benzene rings is 1. The van der Waals surface area contributed by atoms with Gasteiger partial charge in [-0.05, 0) is 70.9 Å². The molecule has 9 nitrogen and oxygen atoms in total. The molecular formula is C29H43N3O6. The van der Waals surface area contributed by atoms with Crippen LogP contribution in [0.5, 0.6) is 5.75 Å². The van der Waals surface area contributed by atoms with E-state index in [0.29, 0.717) is 58.7 Å². The van der Waals surface area contributed by atoms with Crippen LogP contribution in [0, 0.1) is 5.92 Å². The van der Waals surface area contributed by atoms with E-state index >= 15 is 0 Å². The number of likely N-dealkylation sites (N-methyl/N-ethyl adjacent to an activating group) is 1. The smallest absolute Gasteiger partial charge is 0.410 e. The molecule has 3 amide bonds. The highest BCUT2D eigenvalue weighted by molar-refractivity contribution is 5.87. The molecule has 2 saturated heterocycles. The number of carbonyl (C=O) groups excluding carboxylic acids is 3. The number of likely N-dealkylation sites (tertiary alicyclic amines) is 1. The molecular weight excluding hydrogens is 486 g/mol. The summed E-state index contributed by atoms with van der Waals surface area (Å²) in [7, 11) is 1.78. The summed E-state index contributed by atoms with van der Waals surface area (Å²) < 4.78 is 17.7. The Kier molecular flexibility index (Phi) is 8.85. The van der Waals surface area contributed by atoms with Crippen molar-refractivity contribution in [3.8, 4) is 5.75 Å². The molecule has 9 heteroatoms. The maximum absolute atomic E-state index is 13.7. The number of nitrogens with zero attached hydrogens (tertiary/aromatic N) is 3. The molecule has 1 aromatic rings. The lowest BCUT2D eigenvalue weighted by atomic mass is 9.89. The Bertz CT molecular complexity index is 1000. The minimum absolute atomic E-state index is 0.0512. The van der Waals surface area contributed by atoms with Crippen LogP contribution in [0.25, 0.3) is 0 Å². The third kappa shape index (κ3) is 6.79. The standard InChI is InChI=1S/C29H43N3O6/c1-28(2,3)38-27(35)31-15-12-23(13-16-31)25(33)32-18-20-37-29(21-32)14-8-7-10-22-9-5-6-11-24(22)36-19-17-30(4)26(29)34/h5-6,9,11,23H,7-8,10,12-21H2,1-4H3. The van der Waals surface area contributed by atoms with Crippen molar-refractivity contribution in [1.29, 1.82) is 0 Å². The predicted molar refractivity (Wildman–Crippen MR) is 143 cm³/mol. The van der Waals surface area contributed by atoms with Crippen molar-refractivity contribution in [2.45, 2.75) is 70.5 Å². The zero-order chi connectivity index (χ0) is 27.3. The van der Waals surface area contributed by atoms with E-state index in [1.54, 1.807) is 16.8 Å². The second-order valence-corrected chi connectivity index (χ2v) is 11.7. The molecule has 3 heterocycles. The van der Waals surface area contributed by atoms with Crippen molar-refractivity contribution in [3.63, 3.8) is 0 Å². The van der Waals surface area contributed by atoms with E-state index in [4.69, 9.17) is 14.2 Å². The van der Waals surface area contributed by atoms with Gasteiger partial charge in [0.15, 0.2) is 5.60 Å². The van der Waals surface area contributed by atoms with Crippen molar-refractivity contribution < 1.29 is 28.6 Å². The van der Waals surface area contributed by atoms with Crippen molar-refractivity contribution in [1.82, 2.24) is 14.7 Å². The predicted octanol–water partition coefficient (Wildman–Crippen LogP) is 3.49. The summed E-state index contributed by atoms with van der Waals surface area (Å²) in [6.07, 6.45) is 4.00. The number of aryl methyl sites for hydroxylation is 1. The van der Waals surface area contributed by atoms with Gasteiger partial charge >= 0.3 is 6.09 Å². The van der Waals surface area contributed by atoms with E-state index in [1.807, 2.05) is 43.9 Å². The monoisotopic (exact) mass is 529 g/mol. The van der Waals surface area contributed by atoms with Crippen LogP contribution in [0.3, 0.4) is 0 Å². The molecule has 1 atom stereocenters. The van der Waals surface area contributed by atoms with Gasteiger partial charge in [0.05, 0.1) is 19.7 Å². The number of morpholine rings is 1. The van der Waals surface area contributed by atoms with Crippen molar-refractivity contribution >= 4 is 17.9 Å². The van der Waals surface area contributed by atoms with Gasteiger partial charge in [-0.15, -0.1) is 0 Å². The Labute approximate surface area is 226 Å². The quantitative estimate of drug-likeness (QED) is 0.553. The first kappa shape index (κ1) is 28.2. The summed E-state index contributed by atoms with van der Waals surface area (Å²) in [6.45, 7) is 8.44. The van der Waals surface area contributed by atoms with Crippen LogP contribution in [0.15, 0.2) is 24.3 Å². The minimum Gasteiger partial charge on any atom is -0.491 e. The van der Waals surface area contributed by atoms with Gasteiger partial charge in [-0.1, -0.05) is 18.2 Å². The molecule has 1 spiro atoms. The van der Waals surface area contributed by atoms with Crippen molar-refractivity contribution in [3.05, 3.63) is 29.8 Å². The van der Waals surface area contributed by atoms with Crippen molar-refractivity contribution in [2.24, 2.45) is 5.92 Å². The Morgan fingerprint density at radius 2 is 1.74 bits per heavy atom. The zero-order valence-corrected chi connectivity index (χ0v) is 23.4. The summed E-state index contributed by atoms with van der Waals surface area (Å²) in [5, 5.41) is 0. The fourth-order valence-electron chi connectivity index (χ4n) is 5.57. The van der Waals surface area contributed by atoms with E-state index in [0.717, 1.165) is 25.0 Å². The average Bonchev–Trinajstić information content (AvgIpc) is 2.89. The Morgan fingerprint density at radius 1 is 1.00 bits per heavy atom. The number of rotatable bonds is 1. The average molecular weight is 530 g/mol. The largest absolute Gasteiger partial charge is 0.491 e. The lowest BCUT2D eigenvalue weighted by molar-refractivity contribution is -0.177. The lowest BCUT2D eigenvalue weighted by Gasteiger charge is -2.45. The number of hydrogen-bond acceptors (Lipinski definition) is 6. The number of fused-ring (bicyclic) bond motifs is 1. The molecule has 3 aliphatic heterocycles. The van der Waals surface area contributed by atoms with Gasteiger partial charge in [-0.25, -0.2) is 4.79 Å². The molecule has 0 aromatic heterocycles. The molecule has 0 saturated carbocycles. The number of piperidine rings is 1. The second kappa shape index (κ2) is 11.9. The molecule has 4 rings (SSSR count). The summed E-state index contributed by atoms with van der Waals surface area (Å²) in [6, 6.07) is 8.07. The zero-order valence-electron chi connectivity index (χ0n) is 23.4. The first-order chi connectivity index (χ1) is 18.1. The topological polar surface area (TPSA) is 88.6 Å². The third-order valence-corrected chi connectivity index (χ3v) is 7.66. The van der Waals surface area contributed by atoms with Crippen molar-refractivity contribution in [2.75, 3.05) is 53.0 Å². The fraction of sp³-hybridized carbons (Fsp3) is 0.690. The molecule has 1 aromatic carbocycles. The van der Waals surface area contributed by atoms with E-state index < -0.39 is 11.2 Å². The number of hydrogen-bond donors (Lipinski definition) is 0.